The molecule has 0 bridgehead atoms. The maximum Gasteiger partial charge on any atom is -0.0149 e. The van der Waals surface area contributed by atoms with Gasteiger partial charge in [-0.25, -0.2) is 0 Å². The Labute approximate surface area is 49.2 Å². The zero-order chi connectivity index (χ0) is 0. The van der Waals surface area contributed by atoms with Gasteiger partial charge in [-0.3, -0.25) is 4.70 Å². The Morgan fingerprint density at radius 1 is 0.400 bits per heavy atom. The minimum atomic E-state index is 0. The molecule has 0 nitrogen and oxygen atoms in total. The minimum Gasteiger partial charge on any atom is -0.269 e. The van der Waals surface area contributed by atoms with Crippen LogP contribution in [0.2, 0.25) is 0 Å². The third-order valence-electron chi connectivity index (χ3n) is 0. The second kappa shape index (κ2) is 109. The Morgan fingerprint density at radius 3 is 0.400 bits per heavy atom. The lowest BCUT2D eigenvalue weighted by molar-refractivity contribution is 1.11. The molecule has 5 heavy (non-hydrogen) atoms. The fourth-order valence-electron chi connectivity index (χ4n) is 0. The van der Waals surface area contributed by atoms with Crippen molar-refractivity contribution in [3.63, 3.8) is 0 Å². The lowest BCUT2D eigenvalue weighted by Crippen LogP contribution is -0.382. The van der Waals surface area contributed by atoms with E-state index in [2.05, 4.69) is 0 Å². The van der Waals surface area contributed by atoms with E-state index in [1.807, 2.05) is 0 Å². The van der Waals surface area contributed by atoms with E-state index in [1.54, 1.807) is 0 Å². The van der Waals surface area contributed by atoms with E-state index < -0.39 is 0 Å². The van der Waals surface area contributed by atoms with Crippen molar-refractivity contribution in [1.82, 2.24) is 0 Å². The van der Waals surface area contributed by atoms with Gasteiger partial charge in [-0.2, -0.15) is 0 Å². The largest absolute Gasteiger partial charge is 0.269 e. The van der Waals surface area contributed by atoms with Gasteiger partial charge in [-0.1, -0.05) is 0 Å². The fraction of sp³-hybridized carbons (Fsp3) is 0. The van der Waals surface area contributed by atoms with Gasteiger partial charge in [-0.05, 0) is 43.9 Å². The monoisotopic (exact) mass is 148 g/mol. The summed E-state index contributed by atoms with van der Waals surface area (Å²) in [5.41, 5.74) is 0. The molecular formula is H17FSi4. The second-order valence-corrected chi connectivity index (χ2v) is 0. The molecule has 0 rings (SSSR count). The smallest absolute Gasteiger partial charge is 0.0149 e. The highest BCUT2D eigenvalue weighted by Gasteiger charge is -0.0118. The molecule has 0 amide bonds. The fourth-order valence-corrected chi connectivity index (χ4v) is 0. The highest BCUT2D eigenvalue weighted by atomic mass is 28.1. The lowest BCUT2D eigenvalue weighted by atomic mass is 19.0. The van der Waals surface area contributed by atoms with Crippen LogP contribution in [0.25, 0.3) is 0 Å². The van der Waals surface area contributed by atoms with Crippen molar-refractivity contribution in [3.8, 4) is 0 Å². The summed E-state index contributed by atoms with van der Waals surface area (Å²) in [6.07, 6.45) is 0. The molecule has 0 atom stereocenters. The molecule has 0 aromatic carbocycles. The van der Waals surface area contributed by atoms with Gasteiger partial charge in [0, 0.05) is 0 Å². The van der Waals surface area contributed by atoms with E-state index in [9.17, 15) is 0 Å². The van der Waals surface area contributed by atoms with Gasteiger partial charge in [0.05, 0.1) is 0 Å². The van der Waals surface area contributed by atoms with Crippen molar-refractivity contribution >= 4 is 43.9 Å². The molecule has 0 aliphatic heterocycles. The van der Waals surface area contributed by atoms with Gasteiger partial charge in [0.15, 0.2) is 0 Å². The molecule has 0 N–H and O–H groups in total. The normalized spacial score (nSPS) is 0. The van der Waals surface area contributed by atoms with Crippen LogP contribution in [0.4, 0.5) is 4.70 Å². The van der Waals surface area contributed by atoms with Crippen molar-refractivity contribution in [3.05, 3.63) is 0 Å². The Kier molecular flexibility index (Phi) is 4560. The summed E-state index contributed by atoms with van der Waals surface area (Å²) in [6.45, 7) is 0. The summed E-state index contributed by atoms with van der Waals surface area (Å²) in [6, 6.07) is 0. The van der Waals surface area contributed by atoms with Crippen LogP contribution in [-0.4, -0.2) is 43.9 Å². The second-order valence-electron chi connectivity index (χ2n) is 0. The van der Waals surface area contributed by atoms with Crippen molar-refractivity contribution in [1.29, 1.82) is 0 Å². The molecule has 0 fully saturated rings. The van der Waals surface area contributed by atoms with E-state index in [0.717, 1.165) is 0 Å². The topological polar surface area (TPSA) is 0 Å². The van der Waals surface area contributed by atoms with E-state index in [0.29, 0.717) is 0 Å². The molecular weight excluding hydrogens is 131 g/mol. The van der Waals surface area contributed by atoms with Crippen LogP contribution in [0, 0.1) is 0 Å². The van der Waals surface area contributed by atoms with Gasteiger partial charge in [0.2, 0.25) is 0 Å². The molecule has 0 saturated carbocycles. The summed E-state index contributed by atoms with van der Waals surface area (Å²) in [5, 5.41) is 0. The van der Waals surface area contributed by atoms with Crippen molar-refractivity contribution in [2.24, 2.45) is 0 Å². The Bertz CT molecular complexity index is 3.61. The molecule has 0 aliphatic rings. The average molecular weight is 148 g/mol. The summed E-state index contributed by atoms with van der Waals surface area (Å²) in [7, 11) is 0. The van der Waals surface area contributed by atoms with Crippen LogP contribution < -0.4 is 0 Å². The first kappa shape index (κ1) is 210. The predicted molar refractivity (Wildman–Crippen MR) is 47.8 cm³/mol. The highest BCUT2D eigenvalue weighted by molar-refractivity contribution is 5.76. The van der Waals surface area contributed by atoms with Gasteiger partial charge in [0.1, 0.15) is 0 Å². The molecule has 0 aliphatic carbocycles. The summed E-state index contributed by atoms with van der Waals surface area (Å²) >= 11 is 0. The van der Waals surface area contributed by atoms with Crippen LogP contribution in [0.5, 0.6) is 0 Å². The molecule has 5 heteroatoms. The van der Waals surface area contributed by atoms with E-state index >= 15 is 0 Å². The van der Waals surface area contributed by atoms with Crippen LogP contribution >= 0.6 is 0 Å². The standard InChI is InChI=1S/FH.4H4Si/h1H;4*1H4. The first-order valence-corrected chi connectivity index (χ1v) is 0. The quantitative estimate of drug-likeness (QED) is 0.301. The first-order valence-electron chi connectivity index (χ1n) is 0. The van der Waals surface area contributed by atoms with Crippen molar-refractivity contribution in [2.75, 3.05) is 0 Å². The molecule has 0 radical (unpaired) electrons. The molecule has 0 aromatic rings. The van der Waals surface area contributed by atoms with E-state index in [-0.39, 0.29) is 48.6 Å². The number of hydrogen-bond acceptors (Lipinski definition) is 0. The third-order valence-corrected chi connectivity index (χ3v) is 0. The third kappa shape index (κ3) is 59.0. The van der Waals surface area contributed by atoms with Crippen molar-refractivity contribution in [2.45, 2.75) is 0 Å². The van der Waals surface area contributed by atoms with Crippen LogP contribution in [0.3, 0.4) is 0 Å². The zero-order valence-corrected chi connectivity index (χ0v) is 0.408. The summed E-state index contributed by atoms with van der Waals surface area (Å²) in [5.74, 6) is 0. The van der Waals surface area contributed by atoms with Gasteiger partial charge in [-0.15, -0.1) is 0 Å². The average Bonchev–Trinajstić information content (AvgIpc) is 0. The molecule has 0 heterocycles. The number of rotatable bonds is 0. The predicted octanol–water partition coefficient (Wildman–Crippen LogP) is -5.65. The molecule has 0 aromatic heterocycles. The summed E-state index contributed by atoms with van der Waals surface area (Å²) < 4.78 is 0. The summed E-state index contributed by atoms with van der Waals surface area (Å²) in [4.78, 5) is 0. The van der Waals surface area contributed by atoms with Gasteiger partial charge >= 0.3 is 0 Å². The minimum absolute atomic E-state index is 0. The molecule has 40 valence electrons. The van der Waals surface area contributed by atoms with E-state index in [4.69, 9.17) is 0 Å². The Morgan fingerprint density at radius 2 is 0.400 bits per heavy atom. The van der Waals surface area contributed by atoms with E-state index in [1.165, 1.54) is 0 Å². The van der Waals surface area contributed by atoms with Crippen LogP contribution in [0.15, 0.2) is 0 Å². The first-order chi connectivity index (χ1) is 0. The Hall–Kier alpha value is 0.798. The molecule has 0 unspecified atom stereocenters. The lowest BCUT2D eigenvalue weighted by Gasteiger charge is -0.269. The Balaban J connectivity index is 0. The maximum atomic E-state index is 0. The van der Waals surface area contributed by atoms with Gasteiger partial charge < -0.3 is 0 Å². The number of hydrogen-bond donors (Lipinski definition) is 0. The van der Waals surface area contributed by atoms with Crippen LogP contribution in [0.1, 0.15) is 0 Å². The molecule has 0 spiro atoms. The van der Waals surface area contributed by atoms with Crippen molar-refractivity contribution < 1.29 is 4.70 Å². The zero-order valence-electron chi connectivity index (χ0n) is 0.408. The van der Waals surface area contributed by atoms with Gasteiger partial charge in [0.25, 0.3) is 0 Å². The molecule has 0 saturated heterocycles. The van der Waals surface area contributed by atoms with Crippen LogP contribution in [-0.2, 0) is 0 Å². The highest BCUT2D eigenvalue weighted by Crippen LogP contribution is 0.420. The SMILES string of the molecule is F.[SiH4].[SiH4].[SiH4].[SiH4]. The maximum absolute atomic E-state index is 0. The number of halogens is 1.